The van der Waals surface area contributed by atoms with Gasteiger partial charge in [0.25, 0.3) is 0 Å². The number of aromatic nitrogens is 3. The molecule has 1 aliphatic heterocycles. The molecule has 1 aliphatic rings. The van der Waals surface area contributed by atoms with Crippen molar-refractivity contribution in [2.75, 3.05) is 26.7 Å². The van der Waals surface area contributed by atoms with Gasteiger partial charge in [-0.05, 0) is 99.5 Å². The second kappa shape index (κ2) is 12.0. The first kappa shape index (κ1) is 25.0. The van der Waals surface area contributed by atoms with Crippen molar-refractivity contribution in [2.24, 2.45) is 11.8 Å². The summed E-state index contributed by atoms with van der Waals surface area (Å²) in [5, 5.41) is 18.6. The molecule has 0 bridgehead atoms. The fourth-order valence-corrected chi connectivity index (χ4v) is 5.07. The van der Waals surface area contributed by atoms with E-state index < -0.39 is 18.1 Å². The first-order chi connectivity index (χ1) is 17.0. The van der Waals surface area contributed by atoms with Gasteiger partial charge >= 0.3 is 5.97 Å². The maximum Gasteiger partial charge on any atom is 0.308 e. The van der Waals surface area contributed by atoms with Crippen molar-refractivity contribution in [2.45, 2.75) is 44.7 Å². The van der Waals surface area contributed by atoms with Gasteiger partial charge in [-0.25, -0.2) is 4.39 Å². The third-order valence-corrected chi connectivity index (χ3v) is 7.05. The van der Waals surface area contributed by atoms with Gasteiger partial charge in [-0.15, -0.1) is 0 Å². The number of benzene rings is 1. The number of fused-ring (bicyclic) bond motifs is 1. The number of aliphatic carboxylic acids is 1. The molecule has 1 fully saturated rings. The van der Waals surface area contributed by atoms with Crippen LogP contribution in [0.5, 0.6) is 5.75 Å². The molecule has 0 aliphatic carbocycles. The van der Waals surface area contributed by atoms with Gasteiger partial charge in [0.1, 0.15) is 11.9 Å². The van der Waals surface area contributed by atoms with Crippen molar-refractivity contribution < 1.29 is 19.0 Å². The highest BCUT2D eigenvalue weighted by Gasteiger charge is 2.34. The van der Waals surface area contributed by atoms with Gasteiger partial charge in [0.15, 0.2) is 0 Å². The molecule has 1 N–H and O–H groups in total. The van der Waals surface area contributed by atoms with Gasteiger partial charge in [-0.3, -0.25) is 9.78 Å². The molecule has 7 nitrogen and oxygen atoms in total. The van der Waals surface area contributed by atoms with Crippen molar-refractivity contribution >= 4 is 16.9 Å². The van der Waals surface area contributed by atoms with Crippen LogP contribution in [0.4, 0.5) is 4.39 Å². The maximum absolute atomic E-state index is 15.4. The van der Waals surface area contributed by atoms with E-state index >= 15 is 4.39 Å². The predicted octanol–water partition coefficient (Wildman–Crippen LogP) is 4.87. The average molecular weight is 481 g/mol. The van der Waals surface area contributed by atoms with Gasteiger partial charge < -0.3 is 14.7 Å². The van der Waals surface area contributed by atoms with Gasteiger partial charge in [-0.1, -0.05) is 0 Å². The first-order valence-electron chi connectivity index (χ1n) is 12.3. The molecule has 35 heavy (non-hydrogen) atoms. The smallest absolute Gasteiger partial charge is 0.308 e. The molecule has 0 unspecified atom stereocenters. The Balaban J connectivity index is 1.30. The minimum atomic E-state index is -1.18. The standard InChI is InChI=1S/C27H33FN4O3/c1-35-21-8-10-26-23(17-21)22(11-14-29-26)25(28)9-7-19-12-16-32(18-24(19)27(33)34)15-3-2-5-20-6-4-13-30-31-20/h4,6,8,10-11,13-14,17,19,24-25H,2-3,5,7,9,12,15-16,18H2,1H3,(H,33,34)/t19-,24+,25-/m1/s1. The van der Waals surface area contributed by atoms with Crippen molar-refractivity contribution in [3.63, 3.8) is 0 Å². The molecular weight excluding hydrogens is 447 g/mol. The predicted molar refractivity (Wildman–Crippen MR) is 132 cm³/mol. The van der Waals surface area contributed by atoms with Crippen LogP contribution in [-0.2, 0) is 11.2 Å². The van der Waals surface area contributed by atoms with E-state index in [0.29, 0.717) is 30.7 Å². The van der Waals surface area contributed by atoms with Crippen molar-refractivity contribution in [3.8, 4) is 5.75 Å². The third-order valence-electron chi connectivity index (χ3n) is 7.05. The lowest BCUT2D eigenvalue weighted by Crippen LogP contribution is -2.44. The van der Waals surface area contributed by atoms with E-state index in [1.54, 1.807) is 25.6 Å². The molecule has 4 rings (SSSR count). The summed E-state index contributed by atoms with van der Waals surface area (Å²) >= 11 is 0. The normalized spacial score (nSPS) is 19.5. The van der Waals surface area contributed by atoms with E-state index in [1.807, 2.05) is 30.3 Å². The summed E-state index contributed by atoms with van der Waals surface area (Å²) in [7, 11) is 1.58. The Kier molecular flexibility index (Phi) is 8.58. The SMILES string of the molecule is COc1ccc2nccc([C@H](F)CC[C@@H]3CCN(CCCCc4cccnn4)C[C@@H]3C(=O)O)c2c1. The molecule has 1 saturated heterocycles. The molecule has 1 aromatic carbocycles. The number of likely N-dealkylation sites (tertiary alicyclic amines) is 1. The molecular formula is C27H33FN4O3. The van der Waals surface area contributed by atoms with E-state index in [-0.39, 0.29) is 5.92 Å². The quantitative estimate of drug-likeness (QED) is 0.392. The summed E-state index contributed by atoms with van der Waals surface area (Å²) in [6.45, 7) is 2.25. The molecule has 0 saturated carbocycles. The molecule has 186 valence electrons. The molecule has 0 amide bonds. The van der Waals surface area contributed by atoms with Crippen LogP contribution in [-0.4, -0.2) is 57.9 Å². The summed E-state index contributed by atoms with van der Waals surface area (Å²) < 4.78 is 20.7. The number of aryl methyl sites for hydroxylation is 1. The lowest BCUT2D eigenvalue weighted by molar-refractivity contribution is -0.146. The van der Waals surface area contributed by atoms with Crippen LogP contribution in [0.1, 0.15) is 49.5 Å². The number of unbranched alkanes of at least 4 members (excludes halogenated alkanes) is 1. The summed E-state index contributed by atoms with van der Waals surface area (Å²) in [5.74, 6) is -0.614. The number of hydrogen-bond acceptors (Lipinski definition) is 6. The van der Waals surface area contributed by atoms with Crippen LogP contribution in [0, 0.1) is 11.8 Å². The molecule has 3 heterocycles. The Bertz CT molecular complexity index is 1110. The van der Waals surface area contributed by atoms with Crippen LogP contribution in [0.2, 0.25) is 0 Å². The maximum atomic E-state index is 15.4. The molecule has 3 atom stereocenters. The summed E-state index contributed by atoms with van der Waals surface area (Å²) in [5.41, 5.74) is 2.29. The fourth-order valence-electron chi connectivity index (χ4n) is 5.07. The summed E-state index contributed by atoms with van der Waals surface area (Å²) in [6, 6.07) is 11.0. The van der Waals surface area contributed by atoms with E-state index in [2.05, 4.69) is 20.1 Å². The Labute approximate surface area is 205 Å². The van der Waals surface area contributed by atoms with Crippen molar-refractivity contribution in [3.05, 3.63) is 60.0 Å². The zero-order valence-electron chi connectivity index (χ0n) is 20.1. The number of nitrogens with zero attached hydrogens (tertiary/aromatic N) is 4. The summed E-state index contributed by atoms with van der Waals surface area (Å²) in [4.78, 5) is 18.6. The van der Waals surface area contributed by atoms with Crippen LogP contribution in [0.25, 0.3) is 10.9 Å². The van der Waals surface area contributed by atoms with Crippen molar-refractivity contribution in [1.29, 1.82) is 0 Å². The zero-order valence-corrected chi connectivity index (χ0v) is 20.1. The number of halogens is 1. The lowest BCUT2D eigenvalue weighted by atomic mass is 9.81. The fraction of sp³-hybridized carbons (Fsp3) is 0.481. The van der Waals surface area contributed by atoms with Crippen LogP contribution < -0.4 is 4.74 Å². The summed E-state index contributed by atoms with van der Waals surface area (Å²) in [6.07, 6.45) is 6.58. The Morgan fingerprint density at radius 2 is 2.14 bits per heavy atom. The number of piperidine rings is 1. The van der Waals surface area contributed by atoms with Crippen LogP contribution in [0.15, 0.2) is 48.8 Å². The topological polar surface area (TPSA) is 88.4 Å². The van der Waals surface area contributed by atoms with E-state index in [1.165, 1.54) is 0 Å². The molecule has 3 aromatic rings. The zero-order chi connectivity index (χ0) is 24.6. The van der Waals surface area contributed by atoms with Gasteiger partial charge in [0.05, 0.1) is 24.2 Å². The first-order valence-corrected chi connectivity index (χ1v) is 12.3. The number of carboxylic acid groups (broad SMARTS) is 1. The van der Waals surface area contributed by atoms with E-state index in [9.17, 15) is 9.90 Å². The third kappa shape index (κ3) is 6.51. The number of alkyl halides is 1. The number of ether oxygens (including phenoxy) is 1. The monoisotopic (exact) mass is 480 g/mol. The van der Waals surface area contributed by atoms with Gasteiger partial charge in [0, 0.05) is 24.3 Å². The lowest BCUT2D eigenvalue weighted by Gasteiger charge is -2.37. The van der Waals surface area contributed by atoms with E-state index in [0.717, 1.165) is 55.4 Å². The minimum Gasteiger partial charge on any atom is -0.497 e. The second-order valence-corrected chi connectivity index (χ2v) is 9.29. The molecule has 2 aromatic heterocycles. The highest BCUT2D eigenvalue weighted by atomic mass is 19.1. The average Bonchev–Trinajstić information content (AvgIpc) is 2.89. The van der Waals surface area contributed by atoms with Crippen LogP contribution in [0.3, 0.4) is 0 Å². The number of rotatable bonds is 11. The van der Waals surface area contributed by atoms with Crippen molar-refractivity contribution in [1.82, 2.24) is 20.1 Å². The highest BCUT2D eigenvalue weighted by molar-refractivity contribution is 5.83. The van der Waals surface area contributed by atoms with E-state index in [4.69, 9.17) is 4.74 Å². The van der Waals surface area contributed by atoms with Crippen LogP contribution >= 0.6 is 0 Å². The van der Waals surface area contributed by atoms with Gasteiger partial charge in [-0.2, -0.15) is 10.2 Å². The Morgan fingerprint density at radius 1 is 1.26 bits per heavy atom. The highest BCUT2D eigenvalue weighted by Crippen LogP contribution is 2.35. The number of methoxy groups -OCH3 is 1. The number of hydrogen-bond donors (Lipinski definition) is 1. The largest absolute Gasteiger partial charge is 0.497 e. The minimum absolute atomic E-state index is 0.0239. The second-order valence-electron chi connectivity index (χ2n) is 9.29. The van der Waals surface area contributed by atoms with Gasteiger partial charge in [0.2, 0.25) is 0 Å². The Morgan fingerprint density at radius 3 is 2.91 bits per heavy atom. The molecule has 8 heteroatoms. The molecule has 0 radical (unpaired) electrons. The molecule has 0 spiro atoms. The Hall–Kier alpha value is -3.13. The number of carboxylic acids is 1. The number of carbonyl (C=O) groups is 1. The number of pyridine rings is 1.